The highest BCUT2D eigenvalue weighted by Crippen LogP contribution is 2.14. The van der Waals surface area contributed by atoms with Crippen molar-refractivity contribution in [1.29, 1.82) is 0 Å². The number of aliphatic carboxylic acids is 2. The standard InChI is InChI=1S/C14H18O7/c1-3-5-9(13(17)18)7-11(15)21-12(16)8-10(6-4-2)14(19)20/h3-4,9-10H,1-2,5-8H2,(H,17,18)(H,19,20). The molecule has 7 nitrogen and oxygen atoms in total. The molecule has 7 heteroatoms. The van der Waals surface area contributed by atoms with E-state index in [9.17, 15) is 19.2 Å². The van der Waals surface area contributed by atoms with Crippen molar-refractivity contribution in [2.24, 2.45) is 11.8 Å². The number of carbonyl (C=O) groups is 4. The quantitative estimate of drug-likeness (QED) is 0.355. The van der Waals surface area contributed by atoms with Gasteiger partial charge in [0, 0.05) is 0 Å². The highest BCUT2D eigenvalue weighted by atomic mass is 16.6. The van der Waals surface area contributed by atoms with Crippen LogP contribution in [0.4, 0.5) is 0 Å². The summed E-state index contributed by atoms with van der Waals surface area (Å²) >= 11 is 0. The minimum absolute atomic E-state index is 0.0623. The maximum absolute atomic E-state index is 11.4. The Morgan fingerprint density at radius 1 is 0.857 bits per heavy atom. The fourth-order valence-corrected chi connectivity index (χ4v) is 1.56. The maximum atomic E-state index is 11.4. The molecule has 0 aliphatic heterocycles. The highest BCUT2D eigenvalue weighted by molar-refractivity contribution is 5.89. The summed E-state index contributed by atoms with van der Waals surface area (Å²) in [4.78, 5) is 44.6. The summed E-state index contributed by atoms with van der Waals surface area (Å²) in [6, 6.07) is 0. The second-order valence-corrected chi connectivity index (χ2v) is 4.37. The average Bonchev–Trinajstić information content (AvgIpc) is 2.37. The number of allylic oxidation sites excluding steroid dienone is 2. The Bertz CT molecular complexity index is 399. The summed E-state index contributed by atoms with van der Waals surface area (Å²) in [5.74, 6) is -6.45. The van der Waals surface area contributed by atoms with Crippen molar-refractivity contribution in [2.45, 2.75) is 25.7 Å². The van der Waals surface area contributed by atoms with E-state index in [1.165, 1.54) is 12.2 Å². The molecule has 0 aromatic rings. The van der Waals surface area contributed by atoms with Crippen molar-refractivity contribution < 1.29 is 34.1 Å². The van der Waals surface area contributed by atoms with Crippen molar-refractivity contribution in [3.05, 3.63) is 25.3 Å². The first-order chi connectivity index (χ1) is 9.81. The number of hydrogen-bond acceptors (Lipinski definition) is 5. The summed E-state index contributed by atoms with van der Waals surface area (Å²) in [7, 11) is 0. The van der Waals surface area contributed by atoms with Crippen LogP contribution in [0.5, 0.6) is 0 Å². The molecule has 0 heterocycles. The van der Waals surface area contributed by atoms with E-state index >= 15 is 0 Å². The molecule has 0 radical (unpaired) electrons. The number of ether oxygens (including phenoxy) is 1. The number of rotatable bonds is 10. The van der Waals surface area contributed by atoms with Crippen molar-refractivity contribution in [1.82, 2.24) is 0 Å². The van der Waals surface area contributed by atoms with Crippen LogP contribution in [-0.4, -0.2) is 34.1 Å². The molecule has 2 unspecified atom stereocenters. The molecule has 0 rings (SSSR count). The van der Waals surface area contributed by atoms with Gasteiger partial charge >= 0.3 is 23.9 Å². The van der Waals surface area contributed by atoms with Crippen molar-refractivity contribution in [3.63, 3.8) is 0 Å². The summed E-state index contributed by atoms with van der Waals surface area (Å²) < 4.78 is 4.43. The molecule has 0 fully saturated rings. The van der Waals surface area contributed by atoms with Gasteiger partial charge in [0.1, 0.15) is 0 Å². The second-order valence-electron chi connectivity index (χ2n) is 4.37. The highest BCUT2D eigenvalue weighted by Gasteiger charge is 2.25. The van der Waals surface area contributed by atoms with Crippen LogP contribution in [0.1, 0.15) is 25.7 Å². The smallest absolute Gasteiger partial charge is 0.314 e. The molecule has 0 aromatic heterocycles. The molecule has 0 saturated carbocycles. The van der Waals surface area contributed by atoms with Gasteiger partial charge in [-0.05, 0) is 12.8 Å². The van der Waals surface area contributed by atoms with E-state index in [-0.39, 0.29) is 12.8 Å². The molecule has 0 aliphatic rings. The first-order valence-corrected chi connectivity index (χ1v) is 6.22. The van der Waals surface area contributed by atoms with Crippen molar-refractivity contribution in [2.75, 3.05) is 0 Å². The van der Waals surface area contributed by atoms with E-state index in [4.69, 9.17) is 10.2 Å². The van der Waals surface area contributed by atoms with Gasteiger partial charge in [-0.3, -0.25) is 19.2 Å². The molecule has 2 N–H and O–H groups in total. The molecule has 0 aliphatic carbocycles. The molecule has 2 atom stereocenters. The molecule has 116 valence electrons. The molecule has 0 saturated heterocycles. The van der Waals surface area contributed by atoms with Gasteiger partial charge in [0.05, 0.1) is 24.7 Å². The number of carbonyl (C=O) groups excluding carboxylic acids is 2. The van der Waals surface area contributed by atoms with Crippen molar-refractivity contribution in [3.8, 4) is 0 Å². The van der Waals surface area contributed by atoms with E-state index in [0.29, 0.717) is 0 Å². The molecular formula is C14H18O7. The lowest BCUT2D eigenvalue weighted by Crippen LogP contribution is -2.24. The van der Waals surface area contributed by atoms with Gasteiger partial charge in [-0.1, -0.05) is 12.2 Å². The van der Waals surface area contributed by atoms with E-state index in [1.807, 2.05) is 0 Å². The summed E-state index contributed by atoms with van der Waals surface area (Å²) in [6.07, 6.45) is 1.86. The summed E-state index contributed by atoms with van der Waals surface area (Å²) in [5.41, 5.74) is 0. The molecule has 0 amide bonds. The topological polar surface area (TPSA) is 118 Å². The Kier molecular flexibility index (Phi) is 8.36. The van der Waals surface area contributed by atoms with Crippen LogP contribution in [0.3, 0.4) is 0 Å². The zero-order chi connectivity index (χ0) is 16.4. The van der Waals surface area contributed by atoms with Crippen LogP contribution < -0.4 is 0 Å². The molecular weight excluding hydrogens is 280 g/mol. The normalized spacial score (nSPS) is 12.8. The van der Waals surface area contributed by atoms with Gasteiger partial charge in [0.2, 0.25) is 0 Å². The number of esters is 2. The lowest BCUT2D eigenvalue weighted by molar-refractivity contribution is -0.164. The largest absolute Gasteiger partial charge is 0.481 e. The van der Waals surface area contributed by atoms with Gasteiger partial charge in [-0.15, -0.1) is 13.2 Å². The lowest BCUT2D eigenvalue weighted by atomic mass is 10.0. The van der Waals surface area contributed by atoms with Gasteiger partial charge in [-0.2, -0.15) is 0 Å². The average molecular weight is 298 g/mol. The van der Waals surface area contributed by atoms with Crippen LogP contribution in [0.25, 0.3) is 0 Å². The fraction of sp³-hybridized carbons (Fsp3) is 0.429. The first kappa shape index (κ1) is 18.6. The van der Waals surface area contributed by atoms with Gasteiger partial charge in [0.15, 0.2) is 0 Å². The van der Waals surface area contributed by atoms with E-state index in [2.05, 4.69) is 17.9 Å². The zero-order valence-corrected chi connectivity index (χ0v) is 11.5. The van der Waals surface area contributed by atoms with Gasteiger partial charge in [-0.25, -0.2) is 0 Å². The van der Waals surface area contributed by atoms with Crippen LogP contribution in [-0.2, 0) is 23.9 Å². The Morgan fingerprint density at radius 3 is 1.43 bits per heavy atom. The maximum Gasteiger partial charge on any atom is 0.314 e. The lowest BCUT2D eigenvalue weighted by Gasteiger charge is -2.11. The predicted molar refractivity (Wildman–Crippen MR) is 72.2 cm³/mol. The molecule has 0 spiro atoms. The Morgan fingerprint density at radius 2 is 1.19 bits per heavy atom. The van der Waals surface area contributed by atoms with Crippen LogP contribution >= 0.6 is 0 Å². The minimum Gasteiger partial charge on any atom is -0.481 e. The van der Waals surface area contributed by atoms with Crippen molar-refractivity contribution >= 4 is 23.9 Å². The molecule has 21 heavy (non-hydrogen) atoms. The molecule has 0 aromatic carbocycles. The number of carboxylic acids is 2. The number of hydrogen-bond donors (Lipinski definition) is 2. The van der Waals surface area contributed by atoms with Gasteiger partial charge < -0.3 is 14.9 Å². The van der Waals surface area contributed by atoms with Crippen LogP contribution in [0.2, 0.25) is 0 Å². The van der Waals surface area contributed by atoms with E-state index < -0.39 is 48.6 Å². The SMILES string of the molecule is C=CCC(CC(=O)OC(=O)CC(CC=C)C(=O)O)C(=O)O. The second kappa shape index (κ2) is 9.46. The van der Waals surface area contributed by atoms with Crippen LogP contribution in [0, 0.1) is 11.8 Å². The Labute approximate surface area is 121 Å². The Balaban J connectivity index is 4.45. The summed E-state index contributed by atoms with van der Waals surface area (Å²) in [6.45, 7) is 6.75. The summed E-state index contributed by atoms with van der Waals surface area (Å²) in [5, 5.41) is 17.7. The Hall–Kier alpha value is -2.44. The van der Waals surface area contributed by atoms with Gasteiger partial charge in [0.25, 0.3) is 0 Å². The van der Waals surface area contributed by atoms with E-state index in [0.717, 1.165) is 0 Å². The first-order valence-electron chi connectivity index (χ1n) is 6.22. The number of carboxylic acid groups (broad SMARTS) is 2. The third kappa shape index (κ3) is 7.66. The third-order valence-electron chi connectivity index (χ3n) is 2.65. The van der Waals surface area contributed by atoms with E-state index in [1.54, 1.807) is 0 Å². The van der Waals surface area contributed by atoms with Crippen LogP contribution in [0.15, 0.2) is 25.3 Å². The minimum atomic E-state index is -1.20. The predicted octanol–water partition coefficient (Wildman–Crippen LogP) is 1.39. The third-order valence-corrected chi connectivity index (χ3v) is 2.65. The fourth-order valence-electron chi connectivity index (χ4n) is 1.56. The zero-order valence-electron chi connectivity index (χ0n) is 11.5. The monoisotopic (exact) mass is 298 g/mol. The molecule has 0 bridgehead atoms.